The van der Waals surface area contributed by atoms with E-state index in [0.717, 1.165) is 32.1 Å². The topological polar surface area (TPSA) is 128 Å². The third-order valence-electron chi connectivity index (χ3n) is 10.1. The molecule has 47 heavy (non-hydrogen) atoms. The minimum atomic E-state index is -1.28. The summed E-state index contributed by atoms with van der Waals surface area (Å²) in [6.45, 7) is 5.13. The molecule has 1 fully saturated rings. The maximum absolute atomic E-state index is 13.3. The van der Waals surface area contributed by atoms with Gasteiger partial charge in [-0.2, -0.15) is 0 Å². The molecule has 8 heteroatoms. The number of rotatable bonds is 32. The molecule has 1 aliphatic heterocycles. The predicted octanol–water partition coefficient (Wildman–Crippen LogP) is 8.73. The summed E-state index contributed by atoms with van der Waals surface area (Å²) in [5.74, 6) is 0. The molecule has 0 saturated carbocycles. The number of urea groups is 1. The number of carbonyl (C=O) groups excluding carboxylic acids is 1. The number of carbonyl (C=O) groups is 1. The fraction of sp³-hybridized carbons (Fsp3) is 0.974. The maximum Gasteiger partial charge on any atom is 0.319 e. The standard InChI is InChI=1S/C39H79N3O5/c1-3-5-7-9-11-13-15-17-18-19-20-21-23-25-27-29-31-41-39(46)42(38-35(40)37(45)36(44)34(33-43)47-38)32-30-28-26-24-22-16-14-12-10-8-6-4-2/h34-38,43-45H,3-33,40H2,1-2H3,(H,41,46)/t34-,35-,36-,37-,38-/m1/s1. The molecule has 1 saturated heterocycles. The van der Waals surface area contributed by atoms with Gasteiger partial charge in [-0.15, -0.1) is 0 Å². The third-order valence-corrected chi connectivity index (χ3v) is 10.1. The fourth-order valence-electron chi connectivity index (χ4n) is 6.84. The van der Waals surface area contributed by atoms with Crippen molar-refractivity contribution in [3.63, 3.8) is 0 Å². The molecule has 1 rings (SSSR count). The van der Waals surface area contributed by atoms with Crippen molar-refractivity contribution in [2.24, 2.45) is 5.73 Å². The number of hydrogen-bond acceptors (Lipinski definition) is 6. The Morgan fingerprint density at radius 2 is 0.957 bits per heavy atom. The van der Waals surface area contributed by atoms with E-state index in [0.29, 0.717) is 13.1 Å². The molecule has 280 valence electrons. The third kappa shape index (κ3) is 21.7. The average Bonchev–Trinajstić information content (AvgIpc) is 3.07. The Morgan fingerprint density at radius 1 is 0.596 bits per heavy atom. The number of ether oxygens (including phenoxy) is 1. The van der Waals surface area contributed by atoms with Crippen LogP contribution in [0.3, 0.4) is 0 Å². The van der Waals surface area contributed by atoms with Gasteiger partial charge >= 0.3 is 6.03 Å². The zero-order valence-corrected chi connectivity index (χ0v) is 31.0. The van der Waals surface area contributed by atoms with Crippen LogP contribution in [0.15, 0.2) is 0 Å². The Kier molecular flexibility index (Phi) is 29.2. The van der Waals surface area contributed by atoms with Crippen LogP contribution in [0.5, 0.6) is 0 Å². The molecule has 1 heterocycles. The van der Waals surface area contributed by atoms with Crippen LogP contribution < -0.4 is 11.1 Å². The highest BCUT2D eigenvalue weighted by molar-refractivity contribution is 5.74. The van der Waals surface area contributed by atoms with Gasteiger partial charge in [0.15, 0.2) is 6.23 Å². The highest BCUT2D eigenvalue weighted by Gasteiger charge is 2.45. The summed E-state index contributed by atoms with van der Waals surface area (Å²) in [5, 5.41) is 33.5. The maximum atomic E-state index is 13.3. The monoisotopic (exact) mass is 670 g/mol. The lowest BCUT2D eigenvalue weighted by atomic mass is 9.96. The number of hydrogen-bond donors (Lipinski definition) is 5. The normalized spacial score (nSPS) is 21.3. The van der Waals surface area contributed by atoms with Gasteiger partial charge in [0, 0.05) is 13.1 Å². The lowest BCUT2D eigenvalue weighted by Gasteiger charge is -2.45. The Balaban J connectivity index is 2.28. The first-order chi connectivity index (χ1) is 23.0. The zero-order chi connectivity index (χ0) is 34.4. The second-order valence-electron chi connectivity index (χ2n) is 14.4. The average molecular weight is 670 g/mol. The van der Waals surface area contributed by atoms with Gasteiger partial charge in [-0.05, 0) is 12.8 Å². The van der Waals surface area contributed by atoms with Crippen LogP contribution in [0.1, 0.15) is 194 Å². The number of nitrogens with two attached hydrogens (primary N) is 1. The fourth-order valence-corrected chi connectivity index (χ4v) is 6.84. The first kappa shape index (κ1) is 44.1. The van der Waals surface area contributed by atoms with Gasteiger partial charge in [-0.3, -0.25) is 4.90 Å². The summed E-state index contributed by atoms with van der Waals surface area (Å²) in [7, 11) is 0. The molecule has 0 radical (unpaired) electrons. The summed E-state index contributed by atoms with van der Waals surface area (Å²) < 4.78 is 5.89. The molecule has 0 bridgehead atoms. The van der Waals surface area contributed by atoms with E-state index in [2.05, 4.69) is 19.2 Å². The van der Waals surface area contributed by atoms with Crippen LogP contribution in [-0.4, -0.2) is 76.5 Å². The molecule has 5 atom stereocenters. The highest BCUT2D eigenvalue weighted by Crippen LogP contribution is 2.24. The zero-order valence-electron chi connectivity index (χ0n) is 31.0. The number of aliphatic hydroxyl groups is 3. The second kappa shape index (κ2) is 31.1. The summed E-state index contributed by atoms with van der Waals surface area (Å²) in [4.78, 5) is 14.9. The molecule has 0 aliphatic carbocycles. The number of amides is 2. The number of nitrogens with zero attached hydrogens (tertiary/aromatic N) is 1. The summed E-state index contributed by atoms with van der Waals surface area (Å²) in [6.07, 6.45) is 31.3. The molecule has 8 nitrogen and oxygen atoms in total. The van der Waals surface area contributed by atoms with Crippen molar-refractivity contribution in [3.8, 4) is 0 Å². The Bertz CT molecular complexity index is 698. The first-order valence-electron chi connectivity index (χ1n) is 20.4. The van der Waals surface area contributed by atoms with E-state index < -0.39 is 37.2 Å². The molecule has 0 aromatic carbocycles. The van der Waals surface area contributed by atoms with E-state index in [1.165, 1.54) is 148 Å². The van der Waals surface area contributed by atoms with Gasteiger partial charge in [0.2, 0.25) is 0 Å². The summed E-state index contributed by atoms with van der Waals surface area (Å²) in [5.41, 5.74) is 6.26. The summed E-state index contributed by atoms with van der Waals surface area (Å²) in [6, 6.07) is -1.21. The van der Waals surface area contributed by atoms with E-state index in [1.807, 2.05) is 0 Å². The predicted molar refractivity (Wildman–Crippen MR) is 196 cm³/mol. The van der Waals surface area contributed by atoms with Crippen LogP contribution in [0.25, 0.3) is 0 Å². The van der Waals surface area contributed by atoms with Crippen molar-refractivity contribution in [3.05, 3.63) is 0 Å². The van der Waals surface area contributed by atoms with Crippen molar-refractivity contribution in [2.75, 3.05) is 19.7 Å². The largest absolute Gasteiger partial charge is 0.394 e. The van der Waals surface area contributed by atoms with Gasteiger partial charge in [-0.1, -0.05) is 181 Å². The summed E-state index contributed by atoms with van der Waals surface area (Å²) >= 11 is 0. The molecule has 0 aromatic rings. The molecule has 6 N–H and O–H groups in total. The Hall–Kier alpha value is -0.930. The lowest BCUT2D eigenvalue weighted by Crippen LogP contribution is -2.67. The van der Waals surface area contributed by atoms with Crippen molar-refractivity contribution in [1.29, 1.82) is 0 Å². The highest BCUT2D eigenvalue weighted by atomic mass is 16.5. The lowest BCUT2D eigenvalue weighted by molar-refractivity contribution is -0.218. The van der Waals surface area contributed by atoms with Crippen LogP contribution in [-0.2, 0) is 4.74 Å². The number of unbranched alkanes of at least 4 members (excludes halogenated alkanes) is 26. The van der Waals surface area contributed by atoms with Crippen LogP contribution in [0, 0.1) is 0 Å². The van der Waals surface area contributed by atoms with Gasteiger partial charge in [0.05, 0.1) is 12.6 Å². The van der Waals surface area contributed by atoms with Crippen molar-refractivity contribution in [1.82, 2.24) is 10.2 Å². The molecular weight excluding hydrogens is 590 g/mol. The van der Waals surface area contributed by atoms with E-state index in [-0.39, 0.29) is 6.03 Å². The van der Waals surface area contributed by atoms with Crippen molar-refractivity contribution in [2.45, 2.75) is 224 Å². The Morgan fingerprint density at radius 3 is 1.34 bits per heavy atom. The van der Waals surface area contributed by atoms with Gasteiger partial charge in [-0.25, -0.2) is 4.79 Å². The van der Waals surface area contributed by atoms with Crippen LogP contribution >= 0.6 is 0 Å². The number of nitrogens with one attached hydrogen (secondary N) is 1. The minimum Gasteiger partial charge on any atom is -0.394 e. The van der Waals surface area contributed by atoms with E-state index in [9.17, 15) is 20.1 Å². The van der Waals surface area contributed by atoms with Crippen LogP contribution in [0.2, 0.25) is 0 Å². The Labute approximate surface area is 290 Å². The van der Waals surface area contributed by atoms with Gasteiger partial charge < -0.3 is 31.1 Å². The second-order valence-corrected chi connectivity index (χ2v) is 14.4. The van der Waals surface area contributed by atoms with E-state index >= 15 is 0 Å². The molecule has 0 spiro atoms. The molecule has 2 amide bonds. The quantitative estimate of drug-likeness (QED) is 0.0456. The minimum absolute atomic E-state index is 0.255. The molecule has 0 aromatic heterocycles. The SMILES string of the molecule is CCCCCCCCCCCCCCCCCCNC(=O)N(CCCCCCCCCCCCCC)[C@@H]1O[C@H](CO)[C@@H](O)[C@H](O)[C@H]1N. The van der Waals surface area contributed by atoms with Gasteiger partial charge in [0.1, 0.15) is 18.3 Å². The van der Waals surface area contributed by atoms with Crippen molar-refractivity contribution < 1.29 is 24.9 Å². The van der Waals surface area contributed by atoms with E-state index in [4.69, 9.17) is 10.5 Å². The molecule has 1 aliphatic rings. The molecular formula is C39H79N3O5. The molecule has 0 unspecified atom stereocenters. The van der Waals surface area contributed by atoms with Gasteiger partial charge in [0.25, 0.3) is 0 Å². The van der Waals surface area contributed by atoms with Crippen molar-refractivity contribution >= 4 is 6.03 Å². The number of aliphatic hydroxyl groups excluding tert-OH is 3. The van der Waals surface area contributed by atoms with E-state index in [1.54, 1.807) is 4.90 Å². The van der Waals surface area contributed by atoms with Crippen LogP contribution in [0.4, 0.5) is 4.79 Å². The smallest absolute Gasteiger partial charge is 0.319 e. The first-order valence-corrected chi connectivity index (χ1v) is 20.4.